The Morgan fingerprint density at radius 1 is 1.30 bits per heavy atom. The Balaban J connectivity index is 2.39. The average molecular weight is 293 g/mol. The predicted molar refractivity (Wildman–Crippen MR) is 76.1 cm³/mol. The lowest BCUT2D eigenvalue weighted by Crippen LogP contribution is -2.41. The van der Waals surface area contributed by atoms with Crippen LogP contribution in [-0.2, 0) is 20.4 Å². The first-order valence-corrected chi connectivity index (χ1v) is 7.68. The number of fused-ring (bicyclic) bond motifs is 1. The highest BCUT2D eigenvalue weighted by Gasteiger charge is 2.41. The van der Waals surface area contributed by atoms with Gasteiger partial charge in [-0.15, -0.1) is 0 Å². The number of hydrogen-bond acceptors (Lipinski definition) is 4. The number of sulfone groups is 1. The maximum atomic E-state index is 12.2. The van der Waals surface area contributed by atoms with Crippen LogP contribution in [0.15, 0.2) is 36.5 Å². The van der Waals surface area contributed by atoms with Crippen LogP contribution in [0.4, 0.5) is 0 Å². The van der Waals surface area contributed by atoms with Crippen LogP contribution in [0.2, 0.25) is 0 Å². The van der Waals surface area contributed by atoms with Crippen molar-refractivity contribution in [3.8, 4) is 0 Å². The lowest BCUT2D eigenvalue weighted by Gasteiger charge is -2.19. The quantitative estimate of drug-likeness (QED) is 0.932. The molecule has 1 heterocycles. The summed E-state index contributed by atoms with van der Waals surface area (Å²) in [6, 6.07) is 8.71. The normalized spacial score (nSPS) is 12.5. The zero-order valence-corrected chi connectivity index (χ0v) is 12.0. The van der Waals surface area contributed by atoms with Crippen LogP contribution in [0.5, 0.6) is 0 Å². The number of pyridine rings is 1. The summed E-state index contributed by atoms with van der Waals surface area (Å²) in [5, 5.41) is 9.86. The van der Waals surface area contributed by atoms with Gasteiger partial charge in [0.15, 0.2) is 14.6 Å². The first kappa shape index (κ1) is 14.5. The minimum Gasteiger partial charge on any atom is -0.480 e. The number of carboxylic acid groups (broad SMARTS) is 1. The second kappa shape index (κ2) is 4.86. The molecule has 2 aromatic rings. The molecule has 0 unspecified atom stereocenters. The Hall–Kier alpha value is -1.95. The van der Waals surface area contributed by atoms with Crippen LogP contribution in [0.25, 0.3) is 10.9 Å². The van der Waals surface area contributed by atoms with Gasteiger partial charge in [0.1, 0.15) is 0 Å². The third-order valence-corrected chi connectivity index (χ3v) is 5.76. The maximum absolute atomic E-state index is 12.2. The van der Waals surface area contributed by atoms with Gasteiger partial charge in [0.25, 0.3) is 0 Å². The van der Waals surface area contributed by atoms with Gasteiger partial charge in [0.05, 0.1) is 11.3 Å². The summed E-state index contributed by atoms with van der Waals surface area (Å²) in [5.74, 6) is -1.66. The minimum atomic E-state index is -3.80. The summed E-state index contributed by atoms with van der Waals surface area (Å²) in [6.45, 7) is 2.40. The molecule has 6 heteroatoms. The zero-order valence-electron chi connectivity index (χ0n) is 11.2. The van der Waals surface area contributed by atoms with Crippen molar-refractivity contribution in [3.63, 3.8) is 0 Å². The fourth-order valence-corrected chi connectivity index (χ4v) is 2.99. The highest BCUT2D eigenvalue weighted by molar-refractivity contribution is 7.92. The van der Waals surface area contributed by atoms with E-state index in [1.54, 1.807) is 30.5 Å². The van der Waals surface area contributed by atoms with E-state index in [1.165, 1.54) is 13.8 Å². The number of carbonyl (C=O) groups is 1. The topological polar surface area (TPSA) is 84.3 Å². The Morgan fingerprint density at radius 2 is 2.00 bits per heavy atom. The Labute approximate surface area is 117 Å². The van der Waals surface area contributed by atoms with Gasteiger partial charge in [0, 0.05) is 11.6 Å². The number of aromatic nitrogens is 1. The number of nitrogens with zero attached hydrogens (tertiary/aromatic N) is 1. The van der Waals surface area contributed by atoms with Crippen molar-refractivity contribution in [2.24, 2.45) is 0 Å². The summed E-state index contributed by atoms with van der Waals surface area (Å²) in [7, 11) is -3.80. The molecule has 1 N–H and O–H groups in total. The lowest BCUT2D eigenvalue weighted by atomic mass is 10.1. The summed E-state index contributed by atoms with van der Waals surface area (Å²) < 4.78 is 22.6. The number of aliphatic carboxylic acids is 1. The molecular formula is C14H15NO4S. The Bertz CT molecular complexity index is 766. The van der Waals surface area contributed by atoms with Gasteiger partial charge in [-0.25, -0.2) is 8.42 Å². The third kappa shape index (κ3) is 2.51. The molecule has 0 aliphatic heterocycles. The summed E-state index contributed by atoms with van der Waals surface area (Å²) >= 11 is 0. The van der Waals surface area contributed by atoms with Crippen molar-refractivity contribution in [1.82, 2.24) is 4.98 Å². The molecule has 0 saturated heterocycles. The van der Waals surface area contributed by atoms with Crippen LogP contribution in [0.1, 0.15) is 19.4 Å². The van der Waals surface area contributed by atoms with E-state index in [0.29, 0.717) is 5.56 Å². The summed E-state index contributed by atoms with van der Waals surface area (Å²) in [6.07, 6.45) is 1.66. The van der Waals surface area contributed by atoms with Crippen LogP contribution in [-0.4, -0.2) is 29.2 Å². The highest BCUT2D eigenvalue weighted by Crippen LogP contribution is 2.23. The predicted octanol–water partition coefficient (Wildman–Crippen LogP) is 2.01. The molecule has 5 nitrogen and oxygen atoms in total. The van der Waals surface area contributed by atoms with Gasteiger partial charge < -0.3 is 5.11 Å². The number of rotatable bonds is 4. The zero-order chi connectivity index (χ0) is 15.0. The van der Waals surface area contributed by atoms with Gasteiger partial charge in [-0.05, 0) is 37.6 Å². The van der Waals surface area contributed by atoms with Gasteiger partial charge in [0.2, 0.25) is 0 Å². The molecule has 0 atom stereocenters. The molecule has 1 aromatic heterocycles. The van der Waals surface area contributed by atoms with Gasteiger partial charge in [-0.3, -0.25) is 9.78 Å². The standard InChI is InChI=1S/C14H15NO4S/c1-14(2,13(16)17)20(18,19)9-10-5-6-12-11(8-10)4-3-7-15-12/h3-8H,9H2,1-2H3,(H,16,17). The molecule has 0 spiro atoms. The van der Waals surface area contributed by atoms with Crippen molar-refractivity contribution >= 4 is 26.7 Å². The molecule has 20 heavy (non-hydrogen) atoms. The van der Waals surface area contributed by atoms with Gasteiger partial charge in [-0.1, -0.05) is 12.1 Å². The van der Waals surface area contributed by atoms with Crippen molar-refractivity contribution in [2.45, 2.75) is 24.3 Å². The molecule has 0 amide bonds. The van der Waals surface area contributed by atoms with E-state index in [0.717, 1.165) is 10.9 Å². The summed E-state index contributed by atoms with van der Waals surface area (Å²) in [5.41, 5.74) is 1.32. The van der Waals surface area contributed by atoms with E-state index >= 15 is 0 Å². The average Bonchev–Trinajstić information content (AvgIpc) is 2.37. The molecular weight excluding hydrogens is 278 g/mol. The van der Waals surface area contributed by atoms with Gasteiger partial charge >= 0.3 is 5.97 Å². The smallest absolute Gasteiger partial charge is 0.324 e. The molecule has 0 bridgehead atoms. The fourth-order valence-electron chi connectivity index (χ4n) is 1.75. The van der Waals surface area contributed by atoms with Crippen LogP contribution in [0.3, 0.4) is 0 Å². The van der Waals surface area contributed by atoms with Crippen molar-refractivity contribution in [3.05, 3.63) is 42.1 Å². The molecule has 0 aliphatic carbocycles. The first-order chi connectivity index (χ1) is 9.24. The molecule has 2 rings (SSSR count). The lowest BCUT2D eigenvalue weighted by molar-refractivity contribution is -0.139. The van der Waals surface area contributed by atoms with E-state index in [1.807, 2.05) is 6.07 Å². The van der Waals surface area contributed by atoms with Crippen LogP contribution < -0.4 is 0 Å². The van der Waals surface area contributed by atoms with Crippen molar-refractivity contribution in [1.29, 1.82) is 0 Å². The van der Waals surface area contributed by atoms with E-state index in [4.69, 9.17) is 5.11 Å². The number of carboxylic acids is 1. The minimum absolute atomic E-state index is 0.308. The van der Waals surface area contributed by atoms with Crippen molar-refractivity contribution < 1.29 is 18.3 Å². The van der Waals surface area contributed by atoms with Gasteiger partial charge in [-0.2, -0.15) is 0 Å². The third-order valence-electron chi connectivity index (χ3n) is 3.32. The molecule has 0 saturated carbocycles. The Morgan fingerprint density at radius 3 is 2.65 bits per heavy atom. The van der Waals surface area contributed by atoms with E-state index in [-0.39, 0.29) is 5.75 Å². The largest absolute Gasteiger partial charge is 0.480 e. The first-order valence-electron chi connectivity index (χ1n) is 6.03. The number of hydrogen-bond donors (Lipinski definition) is 1. The second-order valence-corrected chi connectivity index (χ2v) is 7.64. The SMILES string of the molecule is CC(C)(C(=O)O)S(=O)(=O)Cc1ccc2ncccc2c1. The molecule has 0 aliphatic rings. The van der Waals surface area contributed by atoms with Crippen LogP contribution >= 0.6 is 0 Å². The van der Waals surface area contributed by atoms with E-state index < -0.39 is 20.6 Å². The highest BCUT2D eigenvalue weighted by atomic mass is 32.2. The maximum Gasteiger partial charge on any atom is 0.324 e. The monoisotopic (exact) mass is 293 g/mol. The van der Waals surface area contributed by atoms with E-state index in [2.05, 4.69) is 4.98 Å². The molecule has 0 fully saturated rings. The second-order valence-electron chi connectivity index (χ2n) is 5.11. The van der Waals surface area contributed by atoms with Crippen molar-refractivity contribution in [2.75, 3.05) is 0 Å². The fraction of sp³-hybridized carbons (Fsp3) is 0.286. The Kier molecular flexibility index (Phi) is 3.52. The number of benzene rings is 1. The van der Waals surface area contributed by atoms with E-state index in [9.17, 15) is 13.2 Å². The summed E-state index contributed by atoms with van der Waals surface area (Å²) in [4.78, 5) is 15.2. The molecule has 106 valence electrons. The molecule has 1 aromatic carbocycles. The van der Waals surface area contributed by atoms with Crippen LogP contribution in [0, 0.1) is 0 Å². The molecule has 0 radical (unpaired) electrons.